The lowest BCUT2D eigenvalue weighted by Crippen LogP contribution is -2.36. The molecular weight excluding hydrogens is 552 g/mol. The molecule has 7 rings (SSSR count). The summed E-state index contributed by atoms with van der Waals surface area (Å²) in [5, 5.41) is 15.8. The maximum absolute atomic E-state index is 14.3. The number of aromatic nitrogens is 1. The van der Waals surface area contributed by atoms with Crippen LogP contribution in [0.1, 0.15) is 64.7 Å². The molecule has 0 aliphatic heterocycles. The van der Waals surface area contributed by atoms with Crippen LogP contribution in [0.3, 0.4) is 0 Å². The summed E-state index contributed by atoms with van der Waals surface area (Å²) in [5.74, 6) is -2.93. The predicted octanol–water partition coefficient (Wildman–Crippen LogP) is 4.05. The van der Waals surface area contributed by atoms with Gasteiger partial charge in [-0.25, -0.2) is 0 Å². The second kappa shape index (κ2) is 9.18. The molecule has 10 heteroatoms. The molecule has 0 saturated heterocycles. The van der Waals surface area contributed by atoms with Crippen LogP contribution < -0.4 is 5.56 Å². The van der Waals surface area contributed by atoms with Gasteiger partial charge in [-0.05, 0) is 47.7 Å². The first-order valence-electron chi connectivity index (χ1n) is 13.4. The topological polar surface area (TPSA) is 152 Å². The van der Waals surface area contributed by atoms with Crippen LogP contribution in [0.15, 0.2) is 70.3 Å². The standard InChI is InChI=1S/C33H22N2O8/c1-42-24-13-23(36)18-11-20-21(12-19(18)28(24)37)31(40)33(30(20)39)9-8-17-25(15-6-4-3-5-7-15)22-10-16(14-34-43-2)35-32(41)26(22)29(38)27(17)33/h3-7,10-14,38H,8-9H2,1-2H3,(H,35,41)/b34-14+. The van der Waals surface area contributed by atoms with Gasteiger partial charge < -0.3 is 19.7 Å². The number of H-pyrrole nitrogens is 1. The minimum Gasteiger partial charge on any atom is -0.507 e. The maximum atomic E-state index is 14.3. The molecular formula is C33H22N2O8. The van der Waals surface area contributed by atoms with Gasteiger partial charge in [0, 0.05) is 39.3 Å². The van der Waals surface area contributed by atoms with Crippen LogP contribution in [0, 0.1) is 0 Å². The highest BCUT2D eigenvalue weighted by atomic mass is 16.6. The van der Waals surface area contributed by atoms with Crippen molar-refractivity contribution in [1.82, 2.24) is 4.98 Å². The Kier molecular flexibility index (Phi) is 5.61. The molecule has 0 saturated carbocycles. The summed E-state index contributed by atoms with van der Waals surface area (Å²) >= 11 is 0. The van der Waals surface area contributed by atoms with Gasteiger partial charge in [0.25, 0.3) is 5.56 Å². The number of nitrogens with one attached hydrogen (secondary N) is 1. The Morgan fingerprint density at radius 2 is 1.63 bits per heavy atom. The third-order valence-corrected chi connectivity index (χ3v) is 8.58. The quantitative estimate of drug-likeness (QED) is 0.210. The lowest BCUT2D eigenvalue weighted by Gasteiger charge is -2.24. The maximum Gasteiger partial charge on any atom is 0.260 e. The lowest BCUT2D eigenvalue weighted by atomic mass is 9.75. The molecule has 0 bridgehead atoms. The van der Waals surface area contributed by atoms with Gasteiger partial charge in [0.2, 0.25) is 5.78 Å². The number of methoxy groups -OCH3 is 1. The van der Waals surface area contributed by atoms with Crippen LogP contribution in [0.5, 0.6) is 5.75 Å². The monoisotopic (exact) mass is 574 g/mol. The molecule has 1 heterocycles. The van der Waals surface area contributed by atoms with Crippen molar-refractivity contribution in [3.8, 4) is 16.9 Å². The van der Waals surface area contributed by atoms with E-state index in [1.807, 2.05) is 30.3 Å². The van der Waals surface area contributed by atoms with Crippen LogP contribution >= 0.6 is 0 Å². The highest BCUT2D eigenvalue weighted by Gasteiger charge is 2.59. The van der Waals surface area contributed by atoms with Crippen molar-refractivity contribution >= 4 is 40.1 Å². The molecule has 0 fully saturated rings. The summed E-state index contributed by atoms with van der Waals surface area (Å²) in [5.41, 5.74) is -0.257. The van der Waals surface area contributed by atoms with E-state index in [1.54, 1.807) is 6.07 Å². The Bertz CT molecular complexity index is 2110. The molecule has 3 aliphatic carbocycles. The van der Waals surface area contributed by atoms with E-state index in [1.165, 1.54) is 32.6 Å². The number of allylic oxidation sites excluding steroid dienone is 2. The number of hydrogen-bond donors (Lipinski definition) is 2. The number of fused-ring (bicyclic) bond motifs is 5. The number of Topliss-reactive ketones (excluding diaryl/α,β-unsaturated/α-hetero) is 3. The van der Waals surface area contributed by atoms with E-state index in [0.29, 0.717) is 22.2 Å². The molecule has 1 unspecified atom stereocenters. The number of rotatable bonds is 4. The average molecular weight is 575 g/mol. The Morgan fingerprint density at radius 3 is 2.30 bits per heavy atom. The average Bonchev–Trinajstić information content (AvgIpc) is 3.50. The molecule has 3 aromatic carbocycles. The number of phenolic OH excluding ortho intramolecular Hbond substituents is 1. The van der Waals surface area contributed by atoms with Gasteiger partial charge in [0.15, 0.2) is 23.1 Å². The van der Waals surface area contributed by atoms with Gasteiger partial charge >= 0.3 is 0 Å². The first-order chi connectivity index (χ1) is 20.7. The molecule has 212 valence electrons. The van der Waals surface area contributed by atoms with E-state index in [-0.39, 0.29) is 51.8 Å². The van der Waals surface area contributed by atoms with E-state index in [0.717, 1.165) is 11.6 Å². The van der Waals surface area contributed by atoms with E-state index >= 15 is 0 Å². The molecule has 10 nitrogen and oxygen atoms in total. The molecule has 0 radical (unpaired) electrons. The number of phenols is 1. The number of aromatic hydroxyl groups is 1. The number of carbonyl (C=O) groups excluding carboxylic acids is 4. The second-order valence-electron chi connectivity index (χ2n) is 10.6. The highest BCUT2D eigenvalue weighted by molar-refractivity contribution is 6.36. The molecule has 43 heavy (non-hydrogen) atoms. The number of ketones is 4. The number of hydrogen-bond acceptors (Lipinski definition) is 9. The predicted molar refractivity (Wildman–Crippen MR) is 155 cm³/mol. The molecule has 4 aromatic rings. The summed E-state index contributed by atoms with van der Waals surface area (Å²) in [6.45, 7) is 0. The van der Waals surface area contributed by atoms with Crippen LogP contribution in [0.4, 0.5) is 0 Å². The number of aromatic amines is 1. The fraction of sp³-hybridized carbons (Fsp3) is 0.152. The zero-order valence-corrected chi connectivity index (χ0v) is 22.9. The van der Waals surface area contributed by atoms with Crippen molar-refractivity contribution in [2.75, 3.05) is 14.2 Å². The normalized spacial score (nSPS) is 18.8. The Balaban J connectivity index is 1.52. The molecule has 1 atom stereocenters. The van der Waals surface area contributed by atoms with E-state index in [2.05, 4.69) is 10.1 Å². The van der Waals surface area contributed by atoms with Crippen LogP contribution in [-0.2, 0) is 21.4 Å². The summed E-state index contributed by atoms with van der Waals surface area (Å²) in [4.78, 5) is 75.3. The fourth-order valence-corrected chi connectivity index (χ4v) is 6.76. The van der Waals surface area contributed by atoms with E-state index < -0.39 is 39.9 Å². The van der Waals surface area contributed by atoms with Gasteiger partial charge in [0.05, 0.1) is 24.4 Å². The van der Waals surface area contributed by atoms with Gasteiger partial charge in [-0.15, -0.1) is 0 Å². The molecule has 3 aliphatic rings. The summed E-state index contributed by atoms with van der Waals surface area (Å²) < 4.78 is 5.05. The summed E-state index contributed by atoms with van der Waals surface area (Å²) in [7, 11) is 2.63. The van der Waals surface area contributed by atoms with Crippen LogP contribution in [0.2, 0.25) is 0 Å². The first-order valence-corrected chi connectivity index (χ1v) is 13.4. The SMILES string of the molecule is CO/N=C/c1cc2c(-c3ccccc3)c3c(c(O)c2c(=O)[nH]1)C1(CC3)C(=O)c2cc3c(cc2C1=O)C(=O)C(OC)=CC3=O. The van der Waals surface area contributed by atoms with E-state index in [9.17, 15) is 29.1 Å². The Labute approximate surface area is 243 Å². The molecule has 2 N–H and O–H groups in total. The van der Waals surface area contributed by atoms with Gasteiger partial charge in [0.1, 0.15) is 18.3 Å². The Morgan fingerprint density at radius 1 is 0.930 bits per heavy atom. The molecule has 1 spiro atoms. The van der Waals surface area contributed by atoms with Crippen LogP contribution in [-0.4, -0.2) is 53.7 Å². The van der Waals surface area contributed by atoms with E-state index in [4.69, 9.17) is 9.57 Å². The number of benzene rings is 3. The van der Waals surface area contributed by atoms with Crippen molar-refractivity contribution in [2.24, 2.45) is 5.16 Å². The number of oxime groups is 1. The number of pyridine rings is 1. The number of carbonyl (C=O) groups is 4. The minimum absolute atomic E-state index is 0.00428. The minimum atomic E-state index is -1.84. The van der Waals surface area contributed by atoms with Gasteiger partial charge in [-0.2, -0.15) is 0 Å². The zero-order chi connectivity index (χ0) is 30.2. The lowest BCUT2D eigenvalue weighted by molar-refractivity contribution is 0.0791. The summed E-state index contributed by atoms with van der Waals surface area (Å²) in [6.07, 6.45) is 2.66. The highest BCUT2D eigenvalue weighted by Crippen LogP contribution is 2.56. The van der Waals surface area contributed by atoms with Crippen molar-refractivity contribution in [1.29, 1.82) is 0 Å². The number of nitrogens with zero attached hydrogens (tertiary/aromatic N) is 1. The second-order valence-corrected chi connectivity index (χ2v) is 10.6. The van der Waals surface area contributed by atoms with Gasteiger partial charge in [-0.3, -0.25) is 24.0 Å². The van der Waals surface area contributed by atoms with Crippen molar-refractivity contribution in [2.45, 2.75) is 18.3 Å². The van der Waals surface area contributed by atoms with Crippen molar-refractivity contribution in [3.63, 3.8) is 0 Å². The third kappa shape index (κ3) is 3.40. The zero-order valence-electron chi connectivity index (χ0n) is 22.9. The first kappa shape index (κ1) is 26.3. The largest absolute Gasteiger partial charge is 0.507 e. The third-order valence-electron chi connectivity index (χ3n) is 8.58. The Hall–Kier alpha value is -5.64. The number of ether oxygens (including phenoxy) is 1. The van der Waals surface area contributed by atoms with Crippen LogP contribution in [0.25, 0.3) is 21.9 Å². The molecule has 1 aromatic heterocycles. The van der Waals surface area contributed by atoms with Crippen molar-refractivity contribution < 1.29 is 33.9 Å². The smallest absolute Gasteiger partial charge is 0.260 e. The fourth-order valence-electron chi connectivity index (χ4n) is 6.76. The van der Waals surface area contributed by atoms with Crippen molar-refractivity contribution in [3.05, 3.63) is 110 Å². The summed E-state index contributed by atoms with van der Waals surface area (Å²) in [6, 6.07) is 13.4. The molecule has 0 amide bonds. The van der Waals surface area contributed by atoms with Gasteiger partial charge in [-0.1, -0.05) is 35.5 Å².